The Morgan fingerprint density at radius 3 is 1.95 bits per heavy atom. The third kappa shape index (κ3) is 13.7. The summed E-state index contributed by atoms with van der Waals surface area (Å²) in [5.74, 6) is 2.56. The van der Waals surface area contributed by atoms with Gasteiger partial charge in [0.2, 0.25) is 0 Å². The lowest BCUT2D eigenvalue weighted by Crippen LogP contribution is -1.99. The van der Waals surface area contributed by atoms with Crippen molar-refractivity contribution >= 4 is 0 Å². The molecule has 0 rings (SSSR count). The molecule has 1 radical (unpaired) electrons. The molecule has 0 fully saturated rings. The molecule has 2 atom stereocenters. The highest BCUT2D eigenvalue weighted by atomic mass is 14.1. The summed E-state index contributed by atoms with van der Waals surface area (Å²) in [5.41, 5.74) is 0.908. The van der Waals surface area contributed by atoms with Gasteiger partial charge in [0, 0.05) is 0 Å². The summed E-state index contributed by atoms with van der Waals surface area (Å²) < 4.78 is 0. The summed E-state index contributed by atoms with van der Waals surface area (Å²) in [6.45, 7) is 17.0. The molecule has 0 aromatic heterocycles. The Balaban J connectivity index is 3.52. The minimum absolute atomic E-state index is 0.790. The predicted molar refractivity (Wildman–Crippen MR) is 88.1 cm³/mol. The summed E-state index contributed by atoms with van der Waals surface area (Å²) >= 11 is 0. The highest BCUT2D eigenvalue weighted by Crippen LogP contribution is 2.20. The van der Waals surface area contributed by atoms with E-state index < -0.39 is 0 Å². The minimum Gasteiger partial charge on any atom is -0.0840 e. The minimum atomic E-state index is 0.790. The first-order valence-electron chi connectivity index (χ1n) is 8.17. The van der Waals surface area contributed by atoms with E-state index in [0.717, 1.165) is 29.7 Å². The van der Waals surface area contributed by atoms with E-state index in [1.54, 1.807) is 0 Å². The standard InChI is InChI=1S/C19H35/c1-16(2)10-7-12-18(5)14-9-15-19(6)13-8-11-17(3)4/h1,7,10,17-19H,8-9,11-15H2,2-6H3/b10-7+,16-1?. The van der Waals surface area contributed by atoms with Gasteiger partial charge in [-0.05, 0) is 31.1 Å². The van der Waals surface area contributed by atoms with E-state index in [1.807, 2.05) is 13.0 Å². The predicted octanol–water partition coefficient (Wildman–Crippen LogP) is 6.58. The van der Waals surface area contributed by atoms with Gasteiger partial charge >= 0.3 is 0 Å². The maximum absolute atomic E-state index is 5.62. The van der Waals surface area contributed by atoms with Crippen molar-refractivity contribution in [3.8, 4) is 0 Å². The zero-order valence-electron chi connectivity index (χ0n) is 13.9. The summed E-state index contributed by atoms with van der Waals surface area (Å²) in [6.07, 6.45) is 13.7. The van der Waals surface area contributed by atoms with Gasteiger partial charge in [-0.1, -0.05) is 90.5 Å². The Morgan fingerprint density at radius 2 is 1.42 bits per heavy atom. The van der Waals surface area contributed by atoms with E-state index in [4.69, 9.17) is 6.58 Å². The van der Waals surface area contributed by atoms with E-state index in [0.29, 0.717) is 0 Å². The molecule has 0 aliphatic heterocycles. The van der Waals surface area contributed by atoms with Crippen LogP contribution in [0.15, 0.2) is 17.7 Å². The molecule has 0 spiro atoms. The number of hydrogen-bond acceptors (Lipinski definition) is 0. The fourth-order valence-corrected chi connectivity index (χ4v) is 2.44. The summed E-state index contributed by atoms with van der Waals surface area (Å²) in [4.78, 5) is 0. The molecule has 2 unspecified atom stereocenters. The molecule has 0 heterocycles. The third-order valence-electron chi connectivity index (χ3n) is 3.79. The van der Waals surface area contributed by atoms with Crippen LogP contribution in [0.1, 0.15) is 79.6 Å². The number of hydrogen-bond donors (Lipinski definition) is 0. The second-order valence-corrected chi connectivity index (χ2v) is 6.85. The van der Waals surface area contributed by atoms with Crippen molar-refractivity contribution < 1.29 is 0 Å². The van der Waals surface area contributed by atoms with E-state index in [9.17, 15) is 0 Å². The maximum atomic E-state index is 5.62. The van der Waals surface area contributed by atoms with Gasteiger partial charge in [0.1, 0.15) is 0 Å². The van der Waals surface area contributed by atoms with E-state index in [2.05, 4.69) is 33.8 Å². The molecule has 0 aliphatic rings. The van der Waals surface area contributed by atoms with E-state index >= 15 is 0 Å². The maximum Gasteiger partial charge on any atom is -0.0322 e. The smallest absolute Gasteiger partial charge is 0.0322 e. The Labute approximate surface area is 122 Å². The Kier molecular flexibility index (Phi) is 11.0. The molecule has 0 saturated heterocycles. The highest BCUT2D eigenvalue weighted by molar-refractivity contribution is 5.08. The van der Waals surface area contributed by atoms with Gasteiger partial charge in [-0.3, -0.25) is 0 Å². The topological polar surface area (TPSA) is 0 Å². The van der Waals surface area contributed by atoms with Crippen molar-refractivity contribution in [1.82, 2.24) is 0 Å². The molecular weight excluding hydrogens is 228 g/mol. The van der Waals surface area contributed by atoms with E-state index in [-0.39, 0.29) is 0 Å². The first kappa shape index (κ1) is 18.5. The van der Waals surface area contributed by atoms with Crippen LogP contribution >= 0.6 is 0 Å². The van der Waals surface area contributed by atoms with Crippen LogP contribution in [0.4, 0.5) is 0 Å². The second-order valence-electron chi connectivity index (χ2n) is 6.85. The lowest BCUT2D eigenvalue weighted by atomic mass is 9.92. The summed E-state index contributed by atoms with van der Waals surface area (Å²) in [6, 6.07) is 0. The fraction of sp³-hybridized carbons (Fsp3) is 0.789. The van der Waals surface area contributed by atoms with Crippen LogP contribution in [0, 0.1) is 24.3 Å². The van der Waals surface area contributed by atoms with Crippen molar-refractivity contribution in [3.63, 3.8) is 0 Å². The van der Waals surface area contributed by atoms with Gasteiger partial charge < -0.3 is 0 Å². The van der Waals surface area contributed by atoms with Gasteiger partial charge in [-0.2, -0.15) is 0 Å². The summed E-state index contributed by atoms with van der Waals surface area (Å²) in [5, 5.41) is 0. The monoisotopic (exact) mass is 263 g/mol. The van der Waals surface area contributed by atoms with Crippen LogP contribution in [0.25, 0.3) is 0 Å². The molecule has 0 aromatic carbocycles. The highest BCUT2D eigenvalue weighted by Gasteiger charge is 2.05. The van der Waals surface area contributed by atoms with Gasteiger partial charge in [0.05, 0.1) is 0 Å². The van der Waals surface area contributed by atoms with E-state index in [1.165, 1.54) is 38.5 Å². The van der Waals surface area contributed by atoms with Gasteiger partial charge in [-0.15, -0.1) is 0 Å². The molecule has 0 N–H and O–H groups in total. The Bertz CT molecular complexity index is 247. The second kappa shape index (κ2) is 11.3. The largest absolute Gasteiger partial charge is 0.0840 e. The molecular formula is C19H35. The quantitative estimate of drug-likeness (QED) is 0.369. The lowest BCUT2D eigenvalue weighted by molar-refractivity contribution is 0.401. The number of rotatable bonds is 11. The van der Waals surface area contributed by atoms with Gasteiger partial charge in [0.25, 0.3) is 0 Å². The average Bonchev–Trinajstić information content (AvgIpc) is 2.27. The third-order valence-corrected chi connectivity index (χ3v) is 3.79. The molecule has 0 amide bonds. The molecule has 0 aliphatic carbocycles. The van der Waals surface area contributed by atoms with Crippen molar-refractivity contribution in [2.75, 3.05) is 0 Å². The molecule has 19 heavy (non-hydrogen) atoms. The average molecular weight is 263 g/mol. The van der Waals surface area contributed by atoms with Crippen LogP contribution in [0.5, 0.6) is 0 Å². The van der Waals surface area contributed by atoms with Crippen molar-refractivity contribution in [1.29, 1.82) is 0 Å². The summed E-state index contributed by atoms with van der Waals surface area (Å²) in [7, 11) is 0. The van der Waals surface area contributed by atoms with Crippen molar-refractivity contribution in [3.05, 3.63) is 24.3 Å². The van der Waals surface area contributed by atoms with Crippen LogP contribution in [0.2, 0.25) is 0 Å². The Morgan fingerprint density at radius 1 is 0.895 bits per heavy atom. The first-order valence-corrected chi connectivity index (χ1v) is 8.17. The zero-order valence-corrected chi connectivity index (χ0v) is 13.9. The fourth-order valence-electron chi connectivity index (χ4n) is 2.44. The molecule has 0 aromatic rings. The van der Waals surface area contributed by atoms with Gasteiger partial charge in [-0.25, -0.2) is 0 Å². The molecule has 111 valence electrons. The molecule has 0 bridgehead atoms. The zero-order chi connectivity index (χ0) is 14.7. The Hall–Kier alpha value is -0.520. The number of allylic oxidation sites excluding steroid dienone is 3. The van der Waals surface area contributed by atoms with Crippen LogP contribution in [-0.2, 0) is 0 Å². The normalized spacial score (nSPS) is 15.1. The van der Waals surface area contributed by atoms with Crippen LogP contribution < -0.4 is 0 Å². The van der Waals surface area contributed by atoms with Crippen LogP contribution in [0.3, 0.4) is 0 Å². The van der Waals surface area contributed by atoms with Crippen molar-refractivity contribution in [2.45, 2.75) is 79.6 Å². The first-order chi connectivity index (χ1) is 8.91. The molecule has 0 nitrogen and oxygen atoms in total. The van der Waals surface area contributed by atoms with Gasteiger partial charge in [0.15, 0.2) is 0 Å². The lowest BCUT2D eigenvalue weighted by Gasteiger charge is -2.14. The van der Waals surface area contributed by atoms with Crippen LogP contribution in [-0.4, -0.2) is 0 Å². The SMILES string of the molecule is [CH]=C(C)/C=C/CC(C)CCCC(C)CCCC(C)C. The molecule has 0 heteroatoms. The molecule has 0 saturated carbocycles. The van der Waals surface area contributed by atoms with Crippen molar-refractivity contribution in [2.24, 2.45) is 17.8 Å².